The van der Waals surface area contributed by atoms with Gasteiger partial charge in [0.15, 0.2) is 0 Å². The minimum atomic E-state index is -0.646. The number of terminal acetylenes is 1. The molecule has 0 fully saturated rings. The van der Waals surface area contributed by atoms with Gasteiger partial charge in [-0.3, -0.25) is 4.79 Å². The van der Waals surface area contributed by atoms with Gasteiger partial charge in [0.05, 0.1) is 6.04 Å². The van der Waals surface area contributed by atoms with Crippen LogP contribution in [-0.4, -0.2) is 23.9 Å². The Labute approximate surface area is 107 Å². The van der Waals surface area contributed by atoms with Crippen molar-refractivity contribution in [3.8, 4) is 12.3 Å². The Bertz CT molecular complexity index is 439. The number of nitrogens with zero attached hydrogens (tertiary/aromatic N) is 1. The molecule has 3 nitrogen and oxygen atoms in total. The molecule has 0 aromatic heterocycles. The van der Waals surface area contributed by atoms with Crippen molar-refractivity contribution in [2.75, 3.05) is 7.05 Å². The highest BCUT2D eigenvalue weighted by molar-refractivity contribution is 6.31. The molecule has 1 atom stereocenters. The quantitative estimate of drug-likeness (QED) is 0.826. The van der Waals surface area contributed by atoms with Crippen molar-refractivity contribution in [3.63, 3.8) is 0 Å². The van der Waals surface area contributed by atoms with Gasteiger partial charge in [-0.1, -0.05) is 29.8 Å². The van der Waals surface area contributed by atoms with E-state index in [1.165, 1.54) is 4.90 Å². The first-order valence-electron chi connectivity index (χ1n) is 5.23. The molecule has 0 saturated heterocycles. The summed E-state index contributed by atoms with van der Waals surface area (Å²) in [7, 11) is 1.68. The Hall–Kier alpha value is -1.50. The normalized spacial score (nSPS) is 11.6. The third-order valence-electron chi connectivity index (χ3n) is 2.40. The van der Waals surface area contributed by atoms with Gasteiger partial charge in [-0.05, 0) is 11.6 Å². The molecule has 0 aliphatic heterocycles. The first-order valence-corrected chi connectivity index (χ1v) is 5.61. The largest absolute Gasteiger partial charge is 0.340 e. The minimum Gasteiger partial charge on any atom is -0.340 e. The maximum atomic E-state index is 11.8. The molecule has 1 rings (SSSR count). The van der Waals surface area contributed by atoms with Gasteiger partial charge in [-0.2, -0.15) is 0 Å². The van der Waals surface area contributed by atoms with E-state index in [-0.39, 0.29) is 12.3 Å². The van der Waals surface area contributed by atoms with Gasteiger partial charge in [-0.25, -0.2) is 0 Å². The van der Waals surface area contributed by atoms with E-state index in [9.17, 15) is 4.79 Å². The molecule has 1 aromatic rings. The lowest BCUT2D eigenvalue weighted by molar-refractivity contribution is -0.131. The monoisotopic (exact) mass is 250 g/mol. The second kappa shape index (κ2) is 6.29. The summed E-state index contributed by atoms with van der Waals surface area (Å²) in [5.74, 6) is 2.20. The summed E-state index contributed by atoms with van der Waals surface area (Å²) < 4.78 is 0. The van der Waals surface area contributed by atoms with E-state index < -0.39 is 6.04 Å². The second-order valence-corrected chi connectivity index (χ2v) is 4.21. The van der Waals surface area contributed by atoms with Gasteiger partial charge >= 0.3 is 0 Å². The Kier molecular flexibility index (Phi) is 5.02. The first-order chi connectivity index (χ1) is 8.06. The van der Waals surface area contributed by atoms with E-state index in [2.05, 4.69) is 5.92 Å². The molecule has 1 unspecified atom stereocenters. The lowest BCUT2D eigenvalue weighted by atomic mass is 10.1. The summed E-state index contributed by atoms with van der Waals surface area (Å²) in [6, 6.07) is 6.74. The standard InChI is InChI=1S/C13H15ClN2O/c1-3-6-12(15)13(17)16(2)9-10-7-4-5-8-11(10)14/h1,4-5,7-8,12H,6,9,15H2,2H3. The maximum Gasteiger partial charge on any atom is 0.240 e. The topological polar surface area (TPSA) is 46.3 Å². The van der Waals surface area contributed by atoms with Crippen LogP contribution >= 0.6 is 11.6 Å². The molecule has 0 radical (unpaired) electrons. The molecule has 1 aromatic carbocycles. The number of likely N-dealkylation sites (N-methyl/N-ethyl adjacent to an activating group) is 1. The molecule has 90 valence electrons. The lowest BCUT2D eigenvalue weighted by Crippen LogP contribution is -2.41. The molecule has 0 saturated carbocycles. The van der Waals surface area contributed by atoms with Gasteiger partial charge in [0.1, 0.15) is 0 Å². The third-order valence-corrected chi connectivity index (χ3v) is 2.77. The number of rotatable bonds is 4. The predicted molar refractivity (Wildman–Crippen MR) is 69.4 cm³/mol. The summed E-state index contributed by atoms with van der Waals surface area (Å²) in [5, 5.41) is 0.637. The number of hydrogen-bond donors (Lipinski definition) is 1. The van der Waals surface area contributed by atoms with Crippen LogP contribution in [0.4, 0.5) is 0 Å². The highest BCUT2D eigenvalue weighted by Gasteiger charge is 2.17. The Balaban J connectivity index is 2.67. The van der Waals surface area contributed by atoms with Crippen molar-refractivity contribution in [2.45, 2.75) is 19.0 Å². The highest BCUT2D eigenvalue weighted by atomic mass is 35.5. The zero-order valence-corrected chi connectivity index (χ0v) is 10.4. The molecular formula is C13H15ClN2O. The van der Waals surface area contributed by atoms with Gasteiger partial charge in [0, 0.05) is 25.0 Å². The van der Waals surface area contributed by atoms with Crippen LogP contribution in [0.15, 0.2) is 24.3 Å². The molecule has 4 heteroatoms. The van der Waals surface area contributed by atoms with Crippen molar-refractivity contribution < 1.29 is 4.79 Å². The van der Waals surface area contributed by atoms with Crippen LogP contribution in [-0.2, 0) is 11.3 Å². The van der Waals surface area contributed by atoms with Crippen LogP contribution in [0.1, 0.15) is 12.0 Å². The van der Waals surface area contributed by atoms with Crippen molar-refractivity contribution in [2.24, 2.45) is 5.73 Å². The molecule has 0 bridgehead atoms. The molecular weight excluding hydrogens is 236 g/mol. The Morgan fingerprint density at radius 1 is 1.59 bits per heavy atom. The van der Waals surface area contributed by atoms with Crippen LogP contribution in [0.2, 0.25) is 5.02 Å². The molecule has 0 aliphatic rings. The van der Waals surface area contributed by atoms with Crippen molar-refractivity contribution in [1.29, 1.82) is 0 Å². The molecule has 0 aliphatic carbocycles. The number of hydrogen-bond acceptors (Lipinski definition) is 2. The zero-order chi connectivity index (χ0) is 12.8. The van der Waals surface area contributed by atoms with Crippen LogP contribution in [0.5, 0.6) is 0 Å². The SMILES string of the molecule is C#CCC(N)C(=O)N(C)Cc1ccccc1Cl. The van der Waals surface area contributed by atoms with E-state index >= 15 is 0 Å². The summed E-state index contributed by atoms with van der Waals surface area (Å²) in [6.45, 7) is 0.427. The molecule has 2 N–H and O–H groups in total. The molecule has 1 amide bonds. The zero-order valence-electron chi connectivity index (χ0n) is 9.69. The number of carbonyl (C=O) groups excluding carboxylic acids is 1. The van der Waals surface area contributed by atoms with E-state index in [1.54, 1.807) is 13.1 Å². The first kappa shape index (κ1) is 13.6. The summed E-state index contributed by atoms with van der Waals surface area (Å²) >= 11 is 6.01. The van der Waals surface area contributed by atoms with Crippen LogP contribution < -0.4 is 5.73 Å². The summed E-state index contributed by atoms with van der Waals surface area (Å²) in [6.07, 6.45) is 5.36. The summed E-state index contributed by atoms with van der Waals surface area (Å²) in [4.78, 5) is 13.3. The van der Waals surface area contributed by atoms with Gasteiger partial charge in [-0.15, -0.1) is 12.3 Å². The molecule has 0 spiro atoms. The third kappa shape index (κ3) is 3.77. The van der Waals surface area contributed by atoms with Crippen LogP contribution in [0.3, 0.4) is 0 Å². The Morgan fingerprint density at radius 2 is 2.24 bits per heavy atom. The molecule has 17 heavy (non-hydrogen) atoms. The van der Waals surface area contributed by atoms with Crippen LogP contribution in [0, 0.1) is 12.3 Å². The maximum absolute atomic E-state index is 11.8. The van der Waals surface area contributed by atoms with Gasteiger partial charge < -0.3 is 10.6 Å². The summed E-state index contributed by atoms with van der Waals surface area (Å²) in [5.41, 5.74) is 6.54. The fourth-order valence-electron chi connectivity index (χ4n) is 1.46. The van der Waals surface area contributed by atoms with Gasteiger partial charge in [0.25, 0.3) is 0 Å². The van der Waals surface area contributed by atoms with Crippen molar-refractivity contribution >= 4 is 17.5 Å². The van der Waals surface area contributed by atoms with Crippen LogP contribution in [0.25, 0.3) is 0 Å². The van der Waals surface area contributed by atoms with E-state index in [4.69, 9.17) is 23.8 Å². The number of carbonyl (C=O) groups is 1. The molecule has 0 heterocycles. The Morgan fingerprint density at radius 3 is 2.82 bits per heavy atom. The number of halogens is 1. The van der Waals surface area contributed by atoms with E-state index in [0.717, 1.165) is 5.56 Å². The van der Waals surface area contributed by atoms with E-state index in [1.807, 2.05) is 18.2 Å². The van der Waals surface area contributed by atoms with Gasteiger partial charge in [0.2, 0.25) is 5.91 Å². The highest BCUT2D eigenvalue weighted by Crippen LogP contribution is 2.16. The number of amides is 1. The lowest BCUT2D eigenvalue weighted by Gasteiger charge is -2.20. The average molecular weight is 251 g/mol. The fourth-order valence-corrected chi connectivity index (χ4v) is 1.65. The van der Waals surface area contributed by atoms with Crippen molar-refractivity contribution in [1.82, 2.24) is 4.90 Å². The smallest absolute Gasteiger partial charge is 0.240 e. The second-order valence-electron chi connectivity index (χ2n) is 3.80. The average Bonchev–Trinajstić information content (AvgIpc) is 2.31. The van der Waals surface area contributed by atoms with Crippen molar-refractivity contribution in [3.05, 3.63) is 34.9 Å². The predicted octanol–water partition coefficient (Wildman–Crippen LogP) is 1.65. The number of benzene rings is 1. The minimum absolute atomic E-state index is 0.178. The number of nitrogens with two attached hydrogens (primary N) is 1. The van der Waals surface area contributed by atoms with E-state index in [0.29, 0.717) is 11.6 Å². The fraction of sp³-hybridized carbons (Fsp3) is 0.308.